The predicted molar refractivity (Wildman–Crippen MR) is 198 cm³/mol. The van der Waals surface area contributed by atoms with Gasteiger partial charge in [-0.3, -0.25) is 4.72 Å². The molecule has 5 aromatic rings. The first kappa shape index (κ1) is 35.8. The lowest BCUT2D eigenvalue weighted by Crippen LogP contribution is -2.38. The van der Waals surface area contributed by atoms with Crippen molar-refractivity contribution in [2.24, 2.45) is 0 Å². The van der Waals surface area contributed by atoms with Gasteiger partial charge >= 0.3 is 6.09 Å². The second-order valence-corrected chi connectivity index (χ2v) is 14.3. The molecule has 1 amide bonds. The number of carbonyl (C=O) groups excluding carboxylic acids is 1. The highest BCUT2D eigenvalue weighted by molar-refractivity contribution is 7.92. The minimum absolute atomic E-state index is 0.0107. The van der Waals surface area contributed by atoms with Crippen molar-refractivity contribution in [2.45, 2.75) is 44.4 Å². The van der Waals surface area contributed by atoms with Gasteiger partial charge in [0.15, 0.2) is 0 Å². The number of carbonyl (C=O) groups is 1. The third kappa shape index (κ3) is 10.0. The quantitative estimate of drug-likeness (QED) is 0.121. The average molecular weight is 694 g/mol. The standard InChI is InChI=1S/C40H43N3O6S/c1-40(2,3)49-39(44)41-24-25-43(28-30-14-7-5-8-15-30)34-19-13-18-33(27-34)42-50(45,46)38-26-32(22-23-37(38)47-4)35-20-11-12-21-36(35)48-29-31-16-9-6-10-17-31/h5-23,26-27,42H,24-25,28-29H2,1-4H3,(H,41,44). The zero-order chi connectivity index (χ0) is 35.6. The molecule has 9 nitrogen and oxygen atoms in total. The Bertz CT molecular complexity index is 1980. The summed E-state index contributed by atoms with van der Waals surface area (Å²) in [7, 11) is -2.67. The fourth-order valence-corrected chi connectivity index (χ4v) is 6.55. The van der Waals surface area contributed by atoms with Crippen molar-refractivity contribution >= 4 is 27.5 Å². The molecule has 0 fully saturated rings. The lowest BCUT2D eigenvalue weighted by atomic mass is 10.0. The number of anilines is 2. The molecule has 50 heavy (non-hydrogen) atoms. The monoisotopic (exact) mass is 693 g/mol. The molecule has 2 N–H and O–H groups in total. The van der Waals surface area contributed by atoms with Crippen LogP contribution in [0, 0.1) is 0 Å². The van der Waals surface area contributed by atoms with Gasteiger partial charge in [0.05, 0.1) is 12.8 Å². The predicted octanol–water partition coefficient (Wildman–Crippen LogP) is 8.27. The van der Waals surface area contributed by atoms with Crippen LogP contribution in [0.3, 0.4) is 0 Å². The summed E-state index contributed by atoms with van der Waals surface area (Å²) in [6.45, 7) is 7.11. The maximum absolute atomic E-state index is 14.0. The van der Waals surface area contributed by atoms with Crippen LogP contribution in [0.4, 0.5) is 16.2 Å². The number of hydrogen-bond donors (Lipinski definition) is 2. The molecule has 0 aliphatic rings. The lowest BCUT2D eigenvalue weighted by molar-refractivity contribution is 0.0529. The number of benzene rings is 5. The number of ether oxygens (including phenoxy) is 3. The van der Waals surface area contributed by atoms with Crippen molar-refractivity contribution in [3.8, 4) is 22.6 Å². The van der Waals surface area contributed by atoms with E-state index in [1.54, 1.807) is 30.3 Å². The van der Waals surface area contributed by atoms with Crippen molar-refractivity contribution in [2.75, 3.05) is 29.8 Å². The van der Waals surface area contributed by atoms with Gasteiger partial charge in [-0.05, 0) is 73.9 Å². The lowest BCUT2D eigenvalue weighted by Gasteiger charge is -2.26. The molecule has 0 aliphatic carbocycles. The fraction of sp³-hybridized carbons (Fsp3) is 0.225. The van der Waals surface area contributed by atoms with Crippen LogP contribution in [0.25, 0.3) is 11.1 Å². The number of rotatable bonds is 14. The van der Waals surface area contributed by atoms with Crippen molar-refractivity contribution < 1.29 is 27.4 Å². The van der Waals surface area contributed by atoms with Gasteiger partial charge in [-0.2, -0.15) is 0 Å². The van der Waals surface area contributed by atoms with Gasteiger partial charge in [0.1, 0.15) is 28.6 Å². The molecule has 0 unspecified atom stereocenters. The Morgan fingerprint density at radius 3 is 2.14 bits per heavy atom. The highest BCUT2D eigenvalue weighted by Gasteiger charge is 2.23. The highest BCUT2D eigenvalue weighted by Crippen LogP contribution is 2.36. The normalized spacial score (nSPS) is 11.4. The van der Waals surface area contributed by atoms with E-state index in [0.717, 1.165) is 22.4 Å². The van der Waals surface area contributed by atoms with Gasteiger partial charge in [-0.15, -0.1) is 0 Å². The molecule has 0 saturated heterocycles. The van der Waals surface area contributed by atoms with Crippen LogP contribution in [0.15, 0.2) is 132 Å². The first-order valence-electron chi connectivity index (χ1n) is 16.3. The average Bonchev–Trinajstić information content (AvgIpc) is 3.10. The summed E-state index contributed by atoms with van der Waals surface area (Å²) in [4.78, 5) is 14.4. The number of para-hydroxylation sites is 1. The molecule has 0 aliphatic heterocycles. The maximum Gasteiger partial charge on any atom is 0.407 e. The number of sulfonamides is 1. The Morgan fingerprint density at radius 1 is 0.760 bits per heavy atom. The number of nitrogens with zero attached hydrogens (tertiary/aromatic N) is 1. The topological polar surface area (TPSA) is 106 Å². The number of nitrogens with one attached hydrogen (secondary N) is 2. The van der Waals surface area contributed by atoms with Crippen LogP contribution in [0.5, 0.6) is 11.5 Å². The van der Waals surface area contributed by atoms with Gasteiger partial charge in [0, 0.05) is 30.9 Å². The SMILES string of the molecule is COc1ccc(-c2ccccc2OCc2ccccc2)cc1S(=O)(=O)Nc1cccc(N(CCNC(=O)OC(C)(C)C)Cc2ccccc2)c1. The molecular weight excluding hydrogens is 651 g/mol. The van der Waals surface area contributed by atoms with E-state index in [-0.39, 0.29) is 10.6 Å². The van der Waals surface area contributed by atoms with Crippen molar-refractivity contribution in [1.29, 1.82) is 0 Å². The van der Waals surface area contributed by atoms with Gasteiger partial charge in [0.25, 0.3) is 10.0 Å². The minimum Gasteiger partial charge on any atom is -0.495 e. The smallest absolute Gasteiger partial charge is 0.407 e. The van der Waals surface area contributed by atoms with Crippen LogP contribution >= 0.6 is 0 Å². The van der Waals surface area contributed by atoms with Gasteiger partial charge in [-0.25, -0.2) is 13.2 Å². The minimum atomic E-state index is -4.11. The van der Waals surface area contributed by atoms with E-state index in [1.807, 2.05) is 118 Å². The molecule has 0 heterocycles. The number of methoxy groups -OCH3 is 1. The van der Waals surface area contributed by atoms with Crippen LogP contribution < -0.4 is 24.4 Å². The van der Waals surface area contributed by atoms with Gasteiger partial charge in [0.2, 0.25) is 0 Å². The molecule has 5 rings (SSSR count). The summed E-state index contributed by atoms with van der Waals surface area (Å²) < 4.78 is 47.8. The summed E-state index contributed by atoms with van der Waals surface area (Å²) >= 11 is 0. The Kier molecular flexibility index (Phi) is 11.7. The number of hydrogen-bond acceptors (Lipinski definition) is 7. The summed E-state index contributed by atoms with van der Waals surface area (Å²) in [6.07, 6.45) is -0.500. The largest absolute Gasteiger partial charge is 0.495 e. The zero-order valence-corrected chi connectivity index (χ0v) is 29.6. The van der Waals surface area contributed by atoms with Crippen molar-refractivity contribution in [3.05, 3.63) is 139 Å². The number of amides is 1. The molecule has 260 valence electrons. The molecular formula is C40H43N3O6S. The highest BCUT2D eigenvalue weighted by atomic mass is 32.2. The second kappa shape index (κ2) is 16.3. The zero-order valence-electron chi connectivity index (χ0n) is 28.8. The van der Waals surface area contributed by atoms with E-state index >= 15 is 0 Å². The summed E-state index contributed by atoms with van der Waals surface area (Å²) in [5.41, 5.74) is 4.03. The van der Waals surface area contributed by atoms with Gasteiger partial charge < -0.3 is 24.4 Å². The number of alkyl carbamates (subject to hydrolysis) is 1. The van der Waals surface area contributed by atoms with E-state index in [0.29, 0.717) is 43.2 Å². The maximum atomic E-state index is 14.0. The van der Waals surface area contributed by atoms with E-state index < -0.39 is 21.7 Å². The summed E-state index contributed by atoms with van der Waals surface area (Å²) in [5.74, 6) is 0.837. The van der Waals surface area contributed by atoms with E-state index in [9.17, 15) is 13.2 Å². The third-order valence-corrected chi connectivity index (χ3v) is 9.02. The van der Waals surface area contributed by atoms with Crippen molar-refractivity contribution in [3.63, 3.8) is 0 Å². The van der Waals surface area contributed by atoms with Crippen molar-refractivity contribution in [1.82, 2.24) is 5.32 Å². The molecule has 0 atom stereocenters. The molecule has 5 aromatic carbocycles. The molecule has 0 aromatic heterocycles. The first-order chi connectivity index (χ1) is 24.0. The van der Waals surface area contributed by atoms with E-state index in [1.165, 1.54) is 7.11 Å². The Morgan fingerprint density at radius 2 is 1.44 bits per heavy atom. The van der Waals surface area contributed by atoms with E-state index in [2.05, 4.69) is 14.9 Å². The first-order valence-corrected chi connectivity index (χ1v) is 17.8. The second-order valence-electron chi connectivity index (χ2n) is 12.6. The Balaban J connectivity index is 1.38. The third-order valence-electron chi connectivity index (χ3n) is 7.62. The molecule has 0 spiro atoms. The molecule has 0 bridgehead atoms. The van der Waals surface area contributed by atoms with Crippen LogP contribution in [-0.2, 0) is 27.9 Å². The summed E-state index contributed by atoms with van der Waals surface area (Å²) in [6, 6.07) is 39.5. The molecule has 10 heteroatoms. The van der Waals surface area contributed by atoms with Crippen LogP contribution in [-0.4, -0.2) is 40.3 Å². The van der Waals surface area contributed by atoms with Crippen LogP contribution in [0.2, 0.25) is 0 Å². The Hall–Kier alpha value is -5.48. The molecule has 0 radical (unpaired) electrons. The summed E-state index contributed by atoms with van der Waals surface area (Å²) in [5, 5.41) is 2.81. The Labute approximate surface area is 294 Å². The van der Waals surface area contributed by atoms with Gasteiger partial charge in [-0.1, -0.05) is 91.0 Å². The van der Waals surface area contributed by atoms with E-state index in [4.69, 9.17) is 14.2 Å². The molecule has 0 saturated carbocycles. The fourth-order valence-electron chi connectivity index (χ4n) is 5.31. The van der Waals surface area contributed by atoms with Crippen LogP contribution in [0.1, 0.15) is 31.9 Å².